The van der Waals surface area contributed by atoms with Crippen molar-refractivity contribution in [3.8, 4) is 0 Å². The zero-order valence-electron chi connectivity index (χ0n) is 10.1. The van der Waals surface area contributed by atoms with E-state index in [0.717, 1.165) is 32.3 Å². The van der Waals surface area contributed by atoms with Gasteiger partial charge in [-0.25, -0.2) is 15.0 Å². The molecule has 2 aromatic rings. The molecule has 4 nitrogen and oxygen atoms in total. The van der Waals surface area contributed by atoms with Crippen molar-refractivity contribution in [1.82, 2.24) is 15.0 Å². The molecule has 2 heterocycles. The van der Waals surface area contributed by atoms with Crippen molar-refractivity contribution >= 4 is 33.5 Å². The van der Waals surface area contributed by atoms with Gasteiger partial charge in [-0.05, 0) is 46.2 Å². The van der Waals surface area contributed by atoms with Crippen LogP contribution in [0.15, 0.2) is 39.2 Å². The average molecular weight is 325 g/mol. The molecule has 18 heavy (non-hydrogen) atoms. The van der Waals surface area contributed by atoms with Crippen LogP contribution in [0.1, 0.15) is 12.5 Å². The van der Waals surface area contributed by atoms with Gasteiger partial charge in [-0.1, -0.05) is 6.92 Å². The predicted octanol–water partition coefficient (Wildman–Crippen LogP) is 3.39. The summed E-state index contributed by atoms with van der Waals surface area (Å²) in [5.41, 5.74) is 1.11. The molecule has 0 radical (unpaired) electrons. The van der Waals surface area contributed by atoms with Gasteiger partial charge in [-0.2, -0.15) is 0 Å². The van der Waals surface area contributed by atoms with Crippen LogP contribution >= 0.6 is 27.7 Å². The van der Waals surface area contributed by atoms with Crippen molar-refractivity contribution in [1.29, 1.82) is 0 Å². The van der Waals surface area contributed by atoms with Crippen LogP contribution in [0.5, 0.6) is 0 Å². The highest BCUT2D eigenvalue weighted by Crippen LogP contribution is 2.33. The lowest BCUT2D eigenvalue weighted by Gasteiger charge is -2.10. The summed E-state index contributed by atoms with van der Waals surface area (Å²) in [4.78, 5) is 12.9. The molecule has 2 rings (SSSR count). The highest BCUT2D eigenvalue weighted by atomic mass is 79.9. The number of halogens is 1. The molecule has 6 heteroatoms. The first-order valence-corrected chi connectivity index (χ1v) is 7.17. The van der Waals surface area contributed by atoms with Gasteiger partial charge in [-0.15, -0.1) is 0 Å². The topological polar surface area (TPSA) is 50.7 Å². The first-order chi connectivity index (χ1) is 8.76. The van der Waals surface area contributed by atoms with E-state index in [4.69, 9.17) is 0 Å². The molecule has 0 fully saturated rings. The number of aromatic nitrogens is 3. The molecule has 94 valence electrons. The van der Waals surface area contributed by atoms with Crippen molar-refractivity contribution < 1.29 is 0 Å². The Morgan fingerprint density at radius 1 is 1.28 bits per heavy atom. The van der Waals surface area contributed by atoms with E-state index in [1.807, 2.05) is 19.2 Å². The van der Waals surface area contributed by atoms with Gasteiger partial charge in [0.15, 0.2) is 0 Å². The summed E-state index contributed by atoms with van der Waals surface area (Å²) in [5, 5.41) is 4.94. The van der Waals surface area contributed by atoms with Crippen LogP contribution in [0.3, 0.4) is 0 Å². The molecule has 0 spiro atoms. The van der Waals surface area contributed by atoms with Crippen molar-refractivity contribution in [2.45, 2.75) is 23.4 Å². The third-order valence-electron chi connectivity index (χ3n) is 2.41. The van der Waals surface area contributed by atoms with Crippen molar-refractivity contribution in [3.05, 3.63) is 34.7 Å². The Hall–Kier alpha value is -1.14. The lowest BCUT2D eigenvalue weighted by atomic mass is 10.2. The number of nitrogens with one attached hydrogen (secondary N) is 1. The second-order valence-electron chi connectivity index (χ2n) is 3.50. The molecule has 2 aromatic heterocycles. The summed E-state index contributed by atoms with van der Waals surface area (Å²) < 4.78 is 0.974. The van der Waals surface area contributed by atoms with Gasteiger partial charge in [0.25, 0.3) is 0 Å². The number of hydrogen-bond acceptors (Lipinski definition) is 5. The van der Waals surface area contributed by atoms with Gasteiger partial charge in [0.05, 0.1) is 4.47 Å². The summed E-state index contributed by atoms with van der Waals surface area (Å²) in [6.45, 7) is 2.09. The first-order valence-electron chi connectivity index (χ1n) is 5.56. The molecule has 0 saturated heterocycles. The van der Waals surface area contributed by atoms with E-state index < -0.39 is 0 Å². The molecule has 0 atom stereocenters. The maximum Gasteiger partial charge on any atom is 0.133 e. The van der Waals surface area contributed by atoms with Gasteiger partial charge in [0.1, 0.15) is 22.2 Å². The Morgan fingerprint density at radius 2 is 2.11 bits per heavy atom. The fourth-order valence-corrected chi connectivity index (χ4v) is 2.98. The van der Waals surface area contributed by atoms with Crippen molar-refractivity contribution in [2.24, 2.45) is 0 Å². The Bertz CT molecular complexity index is 547. The van der Waals surface area contributed by atoms with Crippen molar-refractivity contribution in [2.75, 3.05) is 12.4 Å². The molecule has 0 saturated carbocycles. The maximum absolute atomic E-state index is 4.35. The van der Waals surface area contributed by atoms with E-state index in [1.165, 1.54) is 0 Å². The highest BCUT2D eigenvalue weighted by molar-refractivity contribution is 9.10. The molecule has 0 unspecified atom stereocenters. The molecule has 1 N–H and O–H groups in total. The highest BCUT2D eigenvalue weighted by Gasteiger charge is 2.12. The number of nitrogens with zero attached hydrogens (tertiary/aromatic N) is 3. The summed E-state index contributed by atoms with van der Waals surface area (Å²) >= 11 is 5.04. The lowest BCUT2D eigenvalue weighted by Crippen LogP contribution is -2.01. The Labute approximate surface area is 119 Å². The largest absolute Gasteiger partial charge is 0.373 e. The van der Waals surface area contributed by atoms with E-state index in [9.17, 15) is 0 Å². The Morgan fingerprint density at radius 3 is 2.78 bits per heavy atom. The predicted molar refractivity (Wildman–Crippen MR) is 77.0 cm³/mol. The van der Waals surface area contributed by atoms with Gasteiger partial charge in [0, 0.05) is 18.8 Å². The van der Waals surface area contributed by atoms with Crippen molar-refractivity contribution in [3.63, 3.8) is 0 Å². The second-order valence-corrected chi connectivity index (χ2v) is 5.33. The standard InChI is InChI=1S/C12H13BrN4S/c1-3-8-10(14-2)16-7-17-11(8)18-12-9(13)5-4-6-15-12/h4-7H,3H2,1-2H3,(H,14,16,17). The van der Waals surface area contributed by atoms with E-state index in [1.54, 1.807) is 24.3 Å². The van der Waals surface area contributed by atoms with Crippen LogP contribution < -0.4 is 5.32 Å². The monoisotopic (exact) mass is 324 g/mol. The van der Waals surface area contributed by atoms with E-state index >= 15 is 0 Å². The van der Waals surface area contributed by atoms with Gasteiger partial charge < -0.3 is 5.32 Å². The minimum Gasteiger partial charge on any atom is -0.373 e. The third kappa shape index (κ3) is 2.81. The summed E-state index contributed by atoms with van der Waals surface area (Å²) in [6.07, 6.45) is 4.23. The zero-order chi connectivity index (χ0) is 13.0. The van der Waals surface area contributed by atoms with E-state index in [0.29, 0.717) is 0 Å². The van der Waals surface area contributed by atoms with Crippen LogP contribution in [0.2, 0.25) is 0 Å². The van der Waals surface area contributed by atoms with Gasteiger partial charge in [0.2, 0.25) is 0 Å². The summed E-state index contributed by atoms with van der Waals surface area (Å²) in [5.74, 6) is 0.877. The average Bonchev–Trinajstić information content (AvgIpc) is 2.41. The van der Waals surface area contributed by atoms with Crippen LogP contribution in [-0.2, 0) is 6.42 Å². The van der Waals surface area contributed by atoms with Crippen LogP contribution in [0.25, 0.3) is 0 Å². The summed E-state index contributed by atoms with van der Waals surface area (Å²) in [7, 11) is 1.87. The number of anilines is 1. The van der Waals surface area contributed by atoms with Gasteiger partial charge in [-0.3, -0.25) is 0 Å². The van der Waals surface area contributed by atoms with Crippen LogP contribution in [-0.4, -0.2) is 22.0 Å². The number of pyridine rings is 1. The molecule has 0 aliphatic heterocycles. The quantitative estimate of drug-likeness (QED) is 0.873. The molecular weight excluding hydrogens is 312 g/mol. The third-order valence-corrected chi connectivity index (χ3v) is 4.38. The minimum absolute atomic E-state index is 0.877. The van der Waals surface area contributed by atoms with Crippen LogP contribution in [0.4, 0.5) is 5.82 Å². The number of rotatable bonds is 4. The molecule has 0 aliphatic carbocycles. The number of hydrogen-bond donors (Lipinski definition) is 1. The molecule has 0 aliphatic rings. The molecule has 0 amide bonds. The lowest BCUT2D eigenvalue weighted by molar-refractivity contribution is 0.942. The Kier molecular flexibility index (Phi) is 4.54. The minimum atomic E-state index is 0.877. The van der Waals surface area contributed by atoms with E-state index in [-0.39, 0.29) is 0 Å². The second kappa shape index (κ2) is 6.15. The smallest absolute Gasteiger partial charge is 0.133 e. The molecule has 0 aromatic carbocycles. The van der Waals surface area contributed by atoms with E-state index in [2.05, 4.69) is 43.1 Å². The fourth-order valence-electron chi connectivity index (χ4n) is 1.56. The first kappa shape index (κ1) is 13.3. The van der Waals surface area contributed by atoms with Crippen LogP contribution in [0, 0.1) is 0 Å². The normalized spacial score (nSPS) is 10.4. The molecule has 0 bridgehead atoms. The van der Waals surface area contributed by atoms with Gasteiger partial charge >= 0.3 is 0 Å². The zero-order valence-corrected chi connectivity index (χ0v) is 12.5. The fraction of sp³-hybridized carbons (Fsp3) is 0.250. The maximum atomic E-state index is 4.35. The summed E-state index contributed by atoms with van der Waals surface area (Å²) in [6, 6.07) is 3.87. The SMILES string of the molecule is CCc1c(NC)ncnc1Sc1ncccc1Br. The molecular formula is C12H13BrN4S. The Balaban J connectivity index is 2.37.